The Bertz CT molecular complexity index is 1160. The fraction of sp³-hybridized carbons (Fsp3) is 0.400. The van der Waals surface area contributed by atoms with Crippen LogP contribution in [0.25, 0.3) is 9.92 Å². The van der Waals surface area contributed by atoms with Crippen LogP contribution < -0.4 is 56.8 Å². The standard InChI is InChI=1S/C20H24N4O4S2.2HI/c1-13-15(23-7-11-29-19(23)21(13)3)17(25)27-9-5-6-10-28-18(26)16-14(2)22(4)20-24(16)8-12-30-20;;/h7-8,11-12H,5-6,9-10H2,1-4H3;2*1H/q+2;;/p-2. The summed E-state index contributed by atoms with van der Waals surface area (Å²) in [5, 5.41) is 3.88. The zero-order valence-corrected chi connectivity index (χ0v) is 24.1. The van der Waals surface area contributed by atoms with E-state index in [1.54, 1.807) is 22.7 Å². The van der Waals surface area contributed by atoms with E-state index >= 15 is 0 Å². The molecule has 0 amide bonds. The van der Waals surface area contributed by atoms with Crippen molar-refractivity contribution in [3.63, 3.8) is 0 Å². The average Bonchev–Trinajstić information content (AvgIpc) is 3.46. The van der Waals surface area contributed by atoms with Gasteiger partial charge in [0.05, 0.1) is 27.3 Å². The number of halogens is 2. The lowest BCUT2D eigenvalue weighted by molar-refractivity contribution is -0.510. The Morgan fingerprint density at radius 1 is 0.812 bits per heavy atom. The van der Waals surface area contributed by atoms with E-state index in [9.17, 15) is 9.59 Å². The Hall–Kier alpha value is -1.26. The van der Waals surface area contributed by atoms with Crippen molar-refractivity contribution in [2.24, 2.45) is 14.1 Å². The monoisotopic (exact) mass is 702 g/mol. The van der Waals surface area contributed by atoms with Gasteiger partial charge >= 0.3 is 21.9 Å². The van der Waals surface area contributed by atoms with E-state index in [1.165, 1.54) is 0 Å². The third kappa shape index (κ3) is 4.82. The number of fused-ring (bicyclic) bond motifs is 2. The molecule has 0 aliphatic heterocycles. The molecule has 0 bridgehead atoms. The number of carbonyl (C=O) groups is 2. The molecule has 0 spiro atoms. The topological polar surface area (TPSA) is 70.7 Å². The number of ether oxygens (including phenoxy) is 2. The Kier molecular flexibility index (Phi) is 9.48. The molecule has 4 rings (SSSR count). The molecule has 0 N–H and O–H groups in total. The number of rotatable bonds is 7. The number of aryl methyl sites for hydroxylation is 2. The summed E-state index contributed by atoms with van der Waals surface area (Å²) in [6.07, 6.45) is 4.99. The second-order valence-corrected chi connectivity index (χ2v) is 8.82. The van der Waals surface area contributed by atoms with Crippen molar-refractivity contribution in [3.05, 3.63) is 45.9 Å². The maximum absolute atomic E-state index is 12.5. The third-order valence-corrected chi connectivity index (χ3v) is 7.20. The fourth-order valence-electron chi connectivity index (χ4n) is 3.48. The first-order valence-corrected chi connectivity index (χ1v) is 11.4. The van der Waals surface area contributed by atoms with E-state index in [2.05, 4.69) is 0 Å². The molecular weight excluding hydrogens is 678 g/mol. The quantitative estimate of drug-likeness (QED) is 0.0865. The van der Waals surface area contributed by atoms with Gasteiger partial charge in [-0.3, -0.25) is 0 Å². The Morgan fingerprint density at radius 2 is 1.19 bits per heavy atom. The average molecular weight is 702 g/mol. The first-order valence-electron chi connectivity index (χ1n) is 9.64. The van der Waals surface area contributed by atoms with Crippen LogP contribution in [0.5, 0.6) is 0 Å². The van der Waals surface area contributed by atoms with Gasteiger partial charge in [-0.15, -0.1) is 0 Å². The molecule has 0 fully saturated rings. The summed E-state index contributed by atoms with van der Waals surface area (Å²) < 4.78 is 18.6. The molecule has 0 saturated carbocycles. The summed E-state index contributed by atoms with van der Waals surface area (Å²) in [6.45, 7) is 4.38. The van der Waals surface area contributed by atoms with E-state index in [0.717, 1.165) is 21.3 Å². The number of carbonyl (C=O) groups excluding carboxylic acids is 2. The highest BCUT2D eigenvalue weighted by atomic mass is 127. The van der Waals surface area contributed by atoms with Gasteiger partial charge in [-0.2, -0.15) is 8.80 Å². The lowest BCUT2D eigenvalue weighted by Gasteiger charge is -2.04. The first-order chi connectivity index (χ1) is 14.4. The number of hydrogen-bond donors (Lipinski definition) is 0. The van der Waals surface area contributed by atoms with Gasteiger partial charge in [0.15, 0.2) is 11.4 Å². The molecule has 174 valence electrons. The van der Waals surface area contributed by atoms with Crippen LogP contribution in [0, 0.1) is 13.8 Å². The summed E-state index contributed by atoms with van der Waals surface area (Å²) in [5.74, 6) is -0.677. The van der Waals surface area contributed by atoms with Gasteiger partial charge in [-0.25, -0.2) is 18.7 Å². The van der Waals surface area contributed by atoms with Gasteiger partial charge in [-0.05, 0) is 12.8 Å². The van der Waals surface area contributed by atoms with Crippen LogP contribution in [-0.4, -0.2) is 34.3 Å². The van der Waals surface area contributed by atoms with Crippen LogP contribution in [0.2, 0.25) is 0 Å². The zero-order valence-electron chi connectivity index (χ0n) is 18.1. The summed E-state index contributed by atoms with van der Waals surface area (Å²) in [4.78, 5) is 27.0. The SMILES string of the molecule is Cc1c(C(=O)OCCCCOC(=O)c2c(C)n(C)c3scc[n+]23)[n+]2ccsc2n1C.[I-].[I-]. The van der Waals surface area contributed by atoms with Gasteiger partial charge in [-0.1, -0.05) is 22.7 Å². The minimum Gasteiger partial charge on any atom is -1.00 e. The zero-order chi connectivity index (χ0) is 21.4. The normalized spacial score (nSPS) is 10.8. The predicted molar refractivity (Wildman–Crippen MR) is 112 cm³/mol. The van der Waals surface area contributed by atoms with E-state index < -0.39 is 0 Å². The van der Waals surface area contributed by atoms with E-state index in [4.69, 9.17) is 9.47 Å². The Labute approximate surface area is 227 Å². The van der Waals surface area contributed by atoms with Crippen LogP contribution in [-0.2, 0) is 23.6 Å². The van der Waals surface area contributed by atoms with Crippen LogP contribution >= 0.6 is 22.7 Å². The summed E-state index contributed by atoms with van der Waals surface area (Å²) >= 11 is 3.15. The van der Waals surface area contributed by atoms with Gasteiger partial charge in [0.25, 0.3) is 11.4 Å². The Morgan fingerprint density at radius 3 is 1.56 bits per heavy atom. The molecule has 4 aromatic heterocycles. The van der Waals surface area contributed by atoms with Crippen molar-refractivity contribution in [1.29, 1.82) is 0 Å². The Balaban J connectivity index is 0.00000181. The predicted octanol–water partition coefficient (Wildman–Crippen LogP) is -3.62. The molecule has 12 heteroatoms. The van der Waals surface area contributed by atoms with E-state index in [0.29, 0.717) is 24.2 Å². The number of thiazole rings is 2. The summed E-state index contributed by atoms with van der Waals surface area (Å²) in [5.41, 5.74) is 2.85. The smallest absolute Gasteiger partial charge is 0.383 e. The van der Waals surface area contributed by atoms with Crippen molar-refractivity contribution in [3.8, 4) is 0 Å². The largest absolute Gasteiger partial charge is 1.00 e. The van der Waals surface area contributed by atoms with Crippen molar-refractivity contribution in [2.75, 3.05) is 13.2 Å². The summed E-state index contributed by atoms with van der Waals surface area (Å²) in [7, 11) is 3.87. The van der Waals surface area contributed by atoms with E-state index in [-0.39, 0.29) is 73.1 Å². The molecule has 0 aromatic carbocycles. The van der Waals surface area contributed by atoms with Gasteiger partial charge < -0.3 is 57.4 Å². The lowest BCUT2D eigenvalue weighted by atomic mass is 10.3. The fourth-order valence-corrected chi connectivity index (χ4v) is 5.21. The van der Waals surface area contributed by atoms with E-state index in [1.807, 2.05) is 69.0 Å². The second kappa shape index (κ2) is 11.2. The highest BCUT2D eigenvalue weighted by Crippen LogP contribution is 2.15. The van der Waals surface area contributed by atoms with Crippen molar-refractivity contribution >= 4 is 44.5 Å². The maximum Gasteiger partial charge on any atom is 0.383 e. The number of unbranched alkanes of at least 4 members (excludes halogenated alkanes) is 1. The lowest BCUT2D eigenvalue weighted by Crippen LogP contribution is -3.00. The van der Waals surface area contributed by atoms with Crippen molar-refractivity contribution < 1.29 is 75.8 Å². The van der Waals surface area contributed by atoms with Gasteiger partial charge in [0.2, 0.25) is 0 Å². The molecule has 8 nitrogen and oxygen atoms in total. The van der Waals surface area contributed by atoms with Gasteiger partial charge in [0.1, 0.15) is 12.4 Å². The summed E-state index contributed by atoms with van der Waals surface area (Å²) in [6, 6.07) is 0. The number of hydrogen-bond acceptors (Lipinski definition) is 6. The number of nitrogens with zero attached hydrogens (tertiary/aromatic N) is 4. The molecule has 4 heterocycles. The van der Waals surface area contributed by atoms with Gasteiger partial charge in [0, 0.05) is 24.6 Å². The molecule has 0 aliphatic carbocycles. The molecule has 0 atom stereocenters. The second-order valence-electron chi connectivity index (χ2n) is 7.08. The number of aromatic nitrogens is 4. The van der Waals surface area contributed by atoms with Crippen molar-refractivity contribution in [2.45, 2.75) is 26.7 Å². The highest BCUT2D eigenvalue weighted by Gasteiger charge is 2.29. The maximum atomic E-state index is 12.5. The molecule has 4 aromatic rings. The molecule has 0 radical (unpaired) electrons. The number of imidazole rings is 2. The molecule has 0 aliphatic rings. The minimum absolute atomic E-state index is 0. The number of esters is 2. The molecule has 0 saturated heterocycles. The first kappa shape index (κ1) is 27.0. The van der Waals surface area contributed by atoms with Crippen LogP contribution in [0.4, 0.5) is 0 Å². The molecule has 0 unspecified atom stereocenters. The molecular formula is C20H24I2N4O4S2. The van der Waals surface area contributed by atoms with Crippen LogP contribution in [0.1, 0.15) is 45.2 Å². The minimum atomic E-state index is -0.338. The van der Waals surface area contributed by atoms with Crippen LogP contribution in [0.15, 0.2) is 23.2 Å². The van der Waals surface area contributed by atoms with Crippen LogP contribution in [0.3, 0.4) is 0 Å². The molecule has 32 heavy (non-hydrogen) atoms. The third-order valence-electron chi connectivity index (χ3n) is 5.32. The highest BCUT2D eigenvalue weighted by molar-refractivity contribution is 7.14. The van der Waals surface area contributed by atoms with Crippen molar-refractivity contribution in [1.82, 2.24) is 9.13 Å².